The quantitative estimate of drug-likeness (QED) is 0.552. The van der Waals surface area contributed by atoms with E-state index in [1.807, 2.05) is 63.2 Å². The van der Waals surface area contributed by atoms with Gasteiger partial charge in [0.25, 0.3) is 5.91 Å². The molecule has 0 aliphatic rings. The normalized spacial score (nSPS) is 11.2. The van der Waals surface area contributed by atoms with E-state index in [1.165, 1.54) is 5.56 Å². The number of hydrogen-bond acceptors (Lipinski definition) is 3. The summed E-state index contributed by atoms with van der Waals surface area (Å²) in [5.41, 5.74) is 7.56. The number of hydrogen-bond donors (Lipinski definition) is 2. The van der Waals surface area contributed by atoms with Crippen LogP contribution in [0, 0.1) is 20.8 Å². The molecule has 2 N–H and O–H groups in total. The van der Waals surface area contributed by atoms with Gasteiger partial charge in [0.15, 0.2) is 6.61 Å². The first-order valence-corrected chi connectivity index (χ1v) is 8.13. The van der Waals surface area contributed by atoms with E-state index in [-0.39, 0.29) is 12.5 Å². The summed E-state index contributed by atoms with van der Waals surface area (Å²) in [5.74, 6) is 0.451. The highest BCUT2D eigenvalue weighted by molar-refractivity contribution is 5.90. The molecule has 0 unspecified atom stereocenters. The van der Waals surface area contributed by atoms with Crippen LogP contribution in [0.1, 0.15) is 22.4 Å². The highest BCUT2D eigenvalue weighted by Crippen LogP contribution is 2.24. The molecule has 25 heavy (non-hydrogen) atoms. The number of H-pyrrole nitrogens is 1. The molecule has 2 aromatic carbocycles. The molecule has 1 amide bonds. The first-order valence-electron chi connectivity index (χ1n) is 8.13. The van der Waals surface area contributed by atoms with Gasteiger partial charge >= 0.3 is 0 Å². The topological polar surface area (TPSA) is 66.5 Å². The first kappa shape index (κ1) is 16.8. The summed E-state index contributed by atoms with van der Waals surface area (Å²) in [7, 11) is 0. The minimum Gasteiger partial charge on any atom is -0.483 e. The first-order chi connectivity index (χ1) is 12.0. The summed E-state index contributed by atoms with van der Waals surface area (Å²) < 4.78 is 5.64. The Morgan fingerprint density at radius 3 is 2.60 bits per heavy atom. The third-order valence-corrected chi connectivity index (χ3v) is 3.90. The Bertz CT molecular complexity index is 885. The molecule has 3 rings (SSSR count). The van der Waals surface area contributed by atoms with Crippen LogP contribution < -0.4 is 10.2 Å². The third kappa shape index (κ3) is 4.07. The molecule has 0 spiro atoms. The molecule has 0 fully saturated rings. The average Bonchev–Trinajstić information content (AvgIpc) is 2.96. The number of nitrogens with one attached hydrogen (secondary N) is 2. The fourth-order valence-electron chi connectivity index (χ4n) is 2.90. The van der Waals surface area contributed by atoms with Crippen LogP contribution in [-0.2, 0) is 4.79 Å². The van der Waals surface area contributed by atoms with Gasteiger partial charge in [-0.2, -0.15) is 5.10 Å². The molecule has 0 saturated heterocycles. The van der Waals surface area contributed by atoms with Crippen LogP contribution in [0.4, 0.5) is 0 Å². The van der Waals surface area contributed by atoms with Gasteiger partial charge in [-0.3, -0.25) is 4.79 Å². The van der Waals surface area contributed by atoms with Gasteiger partial charge in [0.1, 0.15) is 5.75 Å². The van der Waals surface area contributed by atoms with Crippen molar-refractivity contribution in [1.82, 2.24) is 10.4 Å². The number of benzene rings is 2. The number of aryl methyl sites for hydroxylation is 3. The minimum absolute atomic E-state index is 0.0746. The lowest BCUT2D eigenvalue weighted by molar-refractivity contribution is -0.123. The van der Waals surface area contributed by atoms with Crippen molar-refractivity contribution in [3.63, 3.8) is 0 Å². The van der Waals surface area contributed by atoms with Gasteiger partial charge < -0.3 is 9.72 Å². The zero-order chi connectivity index (χ0) is 17.8. The second kappa shape index (κ2) is 7.21. The lowest BCUT2D eigenvalue weighted by Gasteiger charge is -2.12. The van der Waals surface area contributed by atoms with E-state index in [2.05, 4.69) is 15.5 Å². The van der Waals surface area contributed by atoms with Gasteiger partial charge in [0.05, 0.1) is 11.9 Å². The fourth-order valence-corrected chi connectivity index (χ4v) is 2.90. The van der Waals surface area contributed by atoms with Crippen molar-refractivity contribution in [2.45, 2.75) is 20.8 Å². The van der Waals surface area contributed by atoms with Gasteiger partial charge in [-0.15, -0.1) is 0 Å². The number of hydrazone groups is 1. The Balaban J connectivity index is 1.56. The molecule has 1 aromatic heterocycles. The Hall–Kier alpha value is -3.08. The molecule has 5 heteroatoms. The number of amides is 1. The third-order valence-electron chi connectivity index (χ3n) is 3.90. The predicted molar refractivity (Wildman–Crippen MR) is 100 cm³/mol. The molecule has 0 aliphatic heterocycles. The minimum atomic E-state index is -0.299. The lowest BCUT2D eigenvalue weighted by atomic mass is 10.1. The molecule has 128 valence electrons. The second-order valence-electron chi connectivity index (χ2n) is 6.12. The van der Waals surface area contributed by atoms with E-state index < -0.39 is 0 Å². The van der Waals surface area contributed by atoms with Gasteiger partial charge in [-0.25, -0.2) is 5.43 Å². The molecule has 0 saturated carbocycles. The summed E-state index contributed by atoms with van der Waals surface area (Å²) >= 11 is 0. The van der Waals surface area contributed by atoms with Gasteiger partial charge in [0.2, 0.25) is 0 Å². The van der Waals surface area contributed by atoms with Crippen LogP contribution in [-0.4, -0.2) is 23.7 Å². The van der Waals surface area contributed by atoms with Crippen molar-refractivity contribution in [3.8, 4) is 5.75 Å². The summed E-state index contributed by atoms with van der Waals surface area (Å²) in [6.07, 6.45) is 1.58. The number of nitrogens with zero attached hydrogens (tertiary/aromatic N) is 1. The van der Waals surface area contributed by atoms with Crippen molar-refractivity contribution in [2.24, 2.45) is 5.10 Å². The van der Waals surface area contributed by atoms with E-state index in [0.717, 1.165) is 33.5 Å². The van der Waals surface area contributed by atoms with Crippen LogP contribution >= 0.6 is 0 Å². The summed E-state index contributed by atoms with van der Waals surface area (Å²) in [6, 6.07) is 14.0. The smallest absolute Gasteiger partial charge is 0.277 e. The molecule has 5 nitrogen and oxygen atoms in total. The Kier molecular flexibility index (Phi) is 4.84. The summed E-state index contributed by atoms with van der Waals surface area (Å²) in [6.45, 7) is 5.91. The van der Waals surface area contributed by atoms with Crippen molar-refractivity contribution < 1.29 is 9.53 Å². The maximum atomic E-state index is 11.9. The van der Waals surface area contributed by atoms with Crippen LogP contribution in [0.5, 0.6) is 5.75 Å². The molecular weight excluding hydrogens is 314 g/mol. The zero-order valence-corrected chi connectivity index (χ0v) is 14.6. The average molecular weight is 335 g/mol. The number of carbonyl (C=O) groups excluding carboxylic acids is 1. The maximum absolute atomic E-state index is 11.9. The summed E-state index contributed by atoms with van der Waals surface area (Å²) in [4.78, 5) is 15.1. The van der Waals surface area contributed by atoms with Crippen LogP contribution in [0.2, 0.25) is 0 Å². The number of ether oxygens (including phenoxy) is 1. The highest BCUT2D eigenvalue weighted by Gasteiger charge is 2.08. The van der Waals surface area contributed by atoms with Crippen molar-refractivity contribution in [3.05, 3.63) is 64.8 Å². The lowest BCUT2D eigenvalue weighted by Crippen LogP contribution is -2.25. The van der Waals surface area contributed by atoms with E-state index in [1.54, 1.807) is 6.21 Å². The molecular formula is C20H21N3O2. The van der Waals surface area contributed by atoms with E-state index in [0.29, 0.717) is 0 Å². The number of aromatic amines is 1. The SMILES string of the molecule is Cc1cc(C)c(OCC(=O)NN=Cc2cc3ccccc3[nH]2)c(C)c1. The molecule has 0 atom stereocenters. The van der Waals surface area contributed by atoms with Gasteiger partial charge in [-0.1, -0.05) is 35.9 Å². The Morgan fingerprint density at radius 2 is 1.88 bits per heavy atom. The molecule has 0 aliphatic carbocycles. The number of para-hydroxylation sites is 1. The standard InChI is InChI=1S/C20H21N3O2/c1-13-8-14(2)20(15(3)9-13)25-12-19(24)23-21-11-17-10-16-6-4-5-7-18(16)22-17/h4-11,22H,12H2,1-3H3,(H,23,24). The van der Waals surface area contributed by atoms with Crippen LogP contribution in [0.15, 0.2) is 47.6 Å². The number of rotatable bonds is 5. The highest BCUT2D eigenvalue weighted by atomic mass is 16.5. The van der Waals surface area contributed by atoms with Crippen molar-refractivity contribution >= 4 is 23.0 Å². The number of aromatic nitrogens is 1. The van der Waals surface area contributed by atoms with E-state index in [9.17, 15) is 4.79 Å². The molecule has 0 radical (unpaired) electrons. The Morgan fingerprint density at radius 1 is 1.16 bits per heavy atom. The van der Waals surface area contributed by atoms with Crippen LogP contribution in [0.3, 0.4) is 0 Å². The maximum Gasteiger partial charge on any atom is 0.277 e. The monoisotopic (exact) mass is 335 g/mol. The molecule has 1 heterocycles. The predicted octanol–water partition coefficient (Wildman–Crippen LogP) is 3.62. The largest absolute Gasteiger partial charge is 0.483 e. The van der Waals surface area contributed by atoms with E-state index in [4.69, 9.17) is 4.74 Å². The zero-order valence-electron chi connectivity index (χ0n) is 14.6. The second-order valence-corrected chi connectivity index (χ2v) is 6.12. The van der Waals surface area contributed by atoms with Crippen molar-refractivity contribution in [2.75, 3.05) is 6.61 Å². The van der Waals surface area contributed by atoms with E-state index >= 15 is 0 Å². The summed E-state index contributed by atoms with van der Waals surface area (Å²) in [5, 5.41) is 5.07. The fraction of sp³-hybridized carbons (Fsp3) is 0.200. The molecule has 0 bridgehead atoms. The number of carbonyl (C=O) groups is 1. The van der Waals surface area contributed by atoms with Crippen LogP contribution in [0.25, 0.3) is 10.9 Å². The van der Waals surface area contributed by atoms with Crippen molar-refractivity contribution in [1.29, 1.82) is 0 Å². The molecule has 3 aromatic rings. The Labute approximate surface area is 146 Å². The number of fused-ring (bicyclic) bond motifs is 1. The van der Waals surface area contributed by atoms with Gasteiger partial charge in [0, 0.05) is 10.9 Å². The van der Waals surface area contributed by atoms with Gasteiger partial charge in [-0.05, 0) is 44.0 Å².